The fraction of sp³-hybridized carbons (Fsp3) is 0.294. The van der Waals surface area contributed by atoms with Gasteiger partial charge < -0.3 is 10.0 Å². The molecule has 0 saturated carbocycles. The van der Waals surface area contributed by atoms with Crippen LogP contribution in [0.5, 0.6) is 0 Å². The molecule has 0 fully saturated rings. The van der Waals surface area contributed by atoms with Crippen LogP contribution in [-0.4, -0.2) is 32.9 Å². The number of hydrogen-bond acceptors (Lipinski definition) is 4. The third-order valence-corrected chi connectivity index (χ3v) is 4.88. The molecule has 0 amide bonds. The fourth-order valence-electron chi connectivity index (χ4n) is 2.52. The first-order chi connectivity index (χ1) is 10.8. The van der Waals surface area contributed by atoms with Gasteiger partial charge in [0.15, 0.2) is 0 Å². The lowest BCUT2D eigenvalue weighted by Gasteiger charge is -2.33. The van der Waals surface area contributed by atoms with E-state index in [1.54, 1.807) is 0 Å². The third kappa shape index (κ3) is 2.99. The number of benzene rings is 1. The molecule has 120 valence electrons. The number of hydrogen-bond donors (Lipinski definition) is 2. The van der Waals surface area contributed by atoms with Gasteiger partial charge in [0.25, 0.3) is 0 Å². The zero-order valence-corrected chi connectivity index (χ0v) is 14.8. The molecule has 0 spiro atoms. The average molecular weight is 348 g/mol. The number of halogens is 1. The zero-order chi connectivity index (χ0) is 16.8. The lowest BCUT2D eigenvalue weighted by molar-refractivity contribution is 0.235. The SMILES string of the molecule is CC(C)(C)N1CC(O)=C(c2nc(-c3ccc(Cl)cc3)cs2)C1=N. The van der Waals surface area contributed by atoms with Crippen LogP contribution >= 0.6 is 22.9 Å². The number of aromatic nitrogens is 1. The molecule has 2 N–H and O–H groups in total. The van der Waals surface area contributed by atoms with Crippen molar-refractivity contribution in [1.29, 1.82) is 5.41 Å². The van der Waals surface area contributed by atoms with Gasteiger partial charge in [-0.1, -0.05) is 23.7 Å². The van der Waals surface area contributed by atoms with Crippen LogP contribution in [0, 0.1) is 5.41 Å². The Morgan fingerprint density at radius 3 is 2.48 bits per heavy atom. The van der Waals surface area contributed by atoms with Crippen molar-refractivity contribution in [3.8, 4) is 11.3 Å². The van der Waals surface area contributed by atoms with E-state index >= 15 is 0 Å². The van der Waals surface area contributed by atoms with Crippen LogP contribution in [0.2, 0.25) is 5.02 Å². The second-order valence-electron chi connectivity index (χ2n) is 6.47. The molecule has 2 heterocycles. The molecule has 1 aromatic heterocycles. The molecule has 0 atom stereocenters. The first-order valence-corrected chi connectivity index (χ1v) is 8.53. The molecule has 4 nitrogen and oxygen atoms in total. The standard InChI is InChI=1S/C17H18ClN3OS/c1-17(2,3)21-8-13(22)14(15(21)19)16-20-12(9-23-16)10-4-6-11(18)7-5-10/h4-7,9,19,22H,8H2,1-3H3. The van der Waals surface area contributed by atoms with Crippen LogP contribution in [0.25, 0.3) is 16.8 Å². The van der Waals surface area contributed by atoms with Gasteiger partial charge >= 0.3 is 0 Å². The van der Waals surface area contributed by atoms with Gasteiger partial charge in [-0.15, -0.1) is 11.3 Å². The van der Waals surface area contributed by atoms with Gasteiger partial charge in [0.2, 0.25) is 0 Å². The normalized spacial score (nSPS) is 15.7. The van der Waals surface area contributed by atoms with Crippen molar-refractivity contribution in [2.75, 3.05) is 6.54 Å². The molecular formula is C17H18ClN3OS. The predicted molar refractivity (Wildman–Crippen MR) is 96.3 cm³/mol. The molecule has 0 unspecified atom stereocenters. The van der Waals surface area contributed by atoms with Gasteiger partial charge in [-0.05, 0) is 32.9 Å². The van der Waals surface area contributed by atoms with E-state index in [1.165, 1.54) is 11.3 Å². The Balaban J connectivity index is 1.93. The van der Waals surface area contributed by atoms with E-state index in [-0.39, 0.29) is 11.3 Å². The number of aliphatic hydroxyl groups excluding tert-OH is 1. The smallest absolute Gasteiger partial charge is 0.135 e. The maximum absolute atomic E-state index is 10.3. The lowest BCUT2D eigenvalue weighted by Crippen LogP contribution is -2.43. The number of nitrogens with one attached hydrogen (secondary N) is 1. The van der Waals surface area contributed by atoms with Crippen molar-refractivity contribution in [2.45, 2.75) is 26.3 Å². The maximum Gasteiger partial charge on any atom is 0.135 e. The van der Waals surface area contributed by atoms with E-state index in [1.807, 2.05) is 55.3 Å². The van der Waals surface area contributed by atoms with Crippen LogP contribution in [0.3, 0.4) is 0 Å². The molecule has 6 heteroatoms. The summed E-state index contributed by atoms with van der Waals surface area (Å²) in [4.78, 5) is 6.48. The number of aliphatic hydroxyl groups is 1. The molecule has 1 aliphatic heterocycles. The van der Waals surface area contributed by atoms with Gasteiger partial charge in [0.1, 0.15) is 16.6 Å². The fourth-order valence-corrected chi connectivity index (χ4v) is 3.54. The minimum atomic E-state index is -0.219. The molecule has 0 radical (unpaired) electrons. The summed E-state index contributed by atoms with van der Waals surface area (Å²) in [6, 6.07) is 7.48. The highest BCUT2D eigenvalue weighted by Gasteiger charge is 2.36. The van der Waals surface area contributed by atoms with Crippen LogP contribution in [-0.2, 0) is 0 Å². The summed E-state index contributed by atoms with van der Waals surface area (Å²) >= 11 is 7.35. The number of thiazole rings is 1. The number of nitrogens with zero attached hydrogens (tertiary/aromatic N) is 2. The van der Waals surface area contributed by atoms with Crippen molar-refractivity contribution >= 4 is 34.3 Å². The van der Waals surface area contributed by atoms with E-state index in [0.29, 0.717) is 28.0 Å². The van der Waals surface area contributed by atoms with Gasteiger partial charge in [-0.25, -0.2) is 4.98 Å². The average Bonchev–Trinajstić information content (AvgIpc) is 3.04. The van der Waals surface area contributed by atoms with Crippen LogP contribution in [0.4, 0.5) is 0 Å². The third-order valence-electron chi connectivity index (χ3n) is 3.77. The van der Waals surface area contributed by atoms with Crippen LogP contribution in [0.15, 0.2) is 35.4 Å². The van der Waals surface area contributed by atoms with E-state index in [0.717, 1.165) is 11.3 Å². The van der Waals surface area contributed by atoms with E-state index in [4.69, 9.17) is 17.0 Å². The Kier molecular flexibility index (Phi) is 3.94. The summed E-state index contributed by atoms with van der Waals surface area (Å²) in [5.41, 5.74) is 2.10. The van der Waals surface area contributed by atoms with Crippen molar-refractivity contribution in [1.82, 2.24) is 9.88 Å². The van der Waals surface area contributed by atoms with Crippen molar-refractivity contribution < 1.29 is 5.11 Å². The van der Waals surface area contributed by atoms with Crippen molar-refractivity contribution in [3.05, 3.63) is 45.4 Å². The Morgan fingerprint density at radius 2 is 1.91 bits per heavy atom. The minimum absolute atomic E-state index is 0.210. The molecule has 0 bridgehead atoms. The lowest BCUT2D eigenvalue weighted by atomic mass is 10.1. The maximum atomic E-state index is 10.3. The zero-order valence-electron chi connectivity index (χ0n) is 13.2. The summed E-state index contributed by atoms with van der Waals surface area (Å²) in [5, 5.41) is 22.0. The van der Waals surface area contributed by atoms with E-state index < -0.39 is 0 Å². The van der Waals surface area contributed by atoms with E-state index in [2.05, 4.69) is 4.98 Å². The van der Waals surface area contributed by atoms with Crippen LogP contribution in [0.1, 0.15) is 25.8 Å². The van der Waals surface area contributed by atoms with Crippen molar-refractivity contribution in [2.24, 2.45) is 0 Å². The van der Waals surface area contributed by atoms with Gasteiger partial charge in [0.05, 0.1) is 17.8 Å². The molecule has 3 rings (SSSR count). The van der Waals surface area contributed by atoms with Gasteiger partial charge in [-0.2, -0.15) is 0 Å². The molecule has 0 saturated heterocycles. The number of amidine groups is 1. The van der Waals surface area contributed by atoms with Crippen LogP contribution < -0.4 is 0 Å². The van der Waals surface area contributed by atoms with Gasteiger partial charge in [0, 0.05) is 21.5 Å². The Labute approximate surface area is 144 Å². The minimum Gasteiger partial charge on any atom is -0.510 e. The summed E-state index contributed by atoms with van der Waals surface area (Å²) in [5.74, 6) is 0.536. The molecule has 2 aromatic rings. The van der Waals surface area contributed by atoms with E-state index in [9.17, 15) is 5.11 Å². The summed E-state index contributed by atoms with van der Waals surface area (Å²) in [6.07, 6.45) is 0. The highest BCUT2D eigenvalue weighted by atomic mass is 35.5. The molecular weight excluding hydrogens is 330 g/mol. The Hall–Kier alpha value is -1.85. The number of rotatable bonds is 2. The monoisotopic (exact) mass is 347 g/mol. The summed E-state index contributed by atoms with van der Waals surface area (Å²) in [7, 11) is 0. The largest absolute Gasteiger partial charge is 0.510 e. The second kappa shape index (κ2) is 5.65. The molecule has 1 aromatic carbocycles. The highest BCUT2D eigenvalue weighted by Crippen LogP contribution is 2.35. The Bertz CT molecular complexity index is 787. The first-order valence-electron chi connectivity index (χ1n) is 7.28. The highest BCUT2D eigenvalue weighted by molar-refractivity contribution is 7.11. The topological polar surface area (TPSA) is 60.2 Å². The Morgan fingerprint density at radius 1 is 1.26 bits per heavy atom. The first kappa shape index (κ1) is 16.0. The summed E-state index contributed by atoms with van der Waals surface area (Å²) in [6.45, 7) is 6.43. The second-order valence-corrected chi connectivity index (χ2v) is 7.77. The molecule has 1 aliphatic rings. The predicted octanol–water partition coefficient (Wildman–Crippen LogP) is 4.82. The summed E-state index contributed by atoms with van der Waals surface area (Å²) < 4.78 is 0. The van der Waals surface area contributed by atoms with Crippen molar-refractivity contribution in [3.63, 3.8) is 0 Å². The quantitative estimate of drug-likeness (QED) is 0.818. The molecule has 23 heavy (non-hydrogen) atoms. The van der Waals surface area contributed by atoms with Gasteiger partial charge in [-0.3, -0.25) is 5.41 Å². The molecule has 0 aliphatic carbocycles.